The van der Waals surface area contributed by atoms with Gasteiger partial charge in [-0.25, -0.2) is 0 Å². The van der Waals surface area contributed by atoms with Crippen LogP contribution in [0.5, 0.6) is 0 Å². The number of rotatable bonds is 2. The standard InChI is InChI=1S/C11H16O2/c1-10(12)13-9-7-5-6-8-11(2,3)4/h5,7H,9H2,1-4H3/b7-5+. The van der Waals surface area contributed by atoms with Crippen LogP contribution in [0.3, 0.4) is 0 Å². The molecule has 2 nitrogen and oxygen atoms in total. The fraction of sp³-hybridized carbons (Fsp3) is 0.545. The van der Waals surface area contributed by atoms with Gasteiger partial charge in [-0.15, -0.1) is 0 Å². The Labute approximate surface area is 80.0 Å². The van der Waals surface area contributed by atoms with Gasteiger partial charge in [0.15, 0.2) is 0 Å². The molecule has 0 fully saturated rings. The Hall–Kier alpha value is -1.23. The van der Waals surface area contributed by atoms with Crippen molar-refractivity contribution in [1.82, 2.24) is 0 Å². The third-order valence-electron chi connectivity index (χ3n) is 1.03. The number of allylic oxidation sites excluding steroid dienone is 1. The largest absolute Gasteiger partial charge is 0.462 e. The Balaban J connectivity index is 3.74. The second kappa shape index (κ2) is 5.42. The minimum absolute atomic E-state index is 0.0196. The molecule has 0 aliphatic carbocycles. The predicted octanol–water partition coefficient (Wildman–Crippen LogP) is 2.16. The first-order valence-corrected chi connectivity index (χ1v) is 4.23. The molecule has 0 aromatic rings. The van der Waals surface area contributed by atoms with Gasteiger partial charge in [0.2, 0.25) is 0 Å². The highest BCUT2D eigenvalue weighted by Gasteiger charge is 2.02. The average Bonchev–Trinajstić information content (AvgIpc) is 1.93. The summed E-state index contributed by atoms with van der Waals surface area (Å²) in [5.74, 6) is 5.64. The molecule has 0 aromatic heterocycles. The summed E-state index contributed by atoms with van der Waals surface area (Å²) in [5, 5.41) is 0. The fourth-order valence-corrected chi connectivity index (χ4v) is 0.531. The Kier molecular flexibility index (Phi) is 4.91. The molecule has 0 rings (SSSR count). The van der Waals surface area contributed by atoms with E-state index < -0.39 is 0 Å². The van der Waals surface area contributed by atoms with E-state index in [0.717, 1.165) is 0 Å². The van der Waals surface area contributed by atoms with E-state index in [1.807, 2.05) is 20.8 Å². The van der Waals surface area contributed by atoms with Crippen molar-refractivity contribution in [2.45, 2.75) is 27.7 Å². The van der Waals surface area contributed by atoms with Crippen LogP contribution in [0, 0.1) is 17.3 Å². The minimum Gasteiger partial charge on any atom is -0.462 e. The van der Waals surface area contributed by atoms with Gasteiger partial charge in [-0.2, -0.15) is 0 Å². The molecule has 0 atom stereocenters. The van der Waals surface area contributed by atoms with E-state index in [1.54, 1.807) is 12.2 Å². The normalized spacial score (nSPS) is 10.8. The average molecular weight is 180 g/mol. The zero-order chi connectivity index (χ0) is 10.3. The zero-order valence-electron chi connectivity index (χ0n) is 8.68. The van der Waals surface area contributed by atoms with Crippen molar-refractivity contribution < 1.29 is 9.53 Å². The van der Waals surface area contributed by atoms with Crippen LogP contribution in [-0.2, 0) is 9.53 Å². The van der Waals surface area contributed by atoms with Crippen LogP contribution in [0.25, 0.3) is 0 Å². The first kappa shape index (κ1) is 11.8. The molecule has 0 saturated heterocycles. The maximum atomic E-state index is 10.3. The second-order valence-electron chi connectivity index (χ2n) is 3.72. The van der Waals surface area contributed by atoms with E-state index >= 15 is 0 Å². The summed E-state index contributed by atoms with van der Waals surface area (Å²) >= 11 is 0. The lowest BCUT2D eigenvalue weighted by Gasteiger charge is -2.05. The number of hydrogen-bond acceptors (Lipinski definition) is 2. The summed E-state index contributed by atoms with van der Waals surface area (Å²) < 4.78 is 4.68. The molecule has 72 valence electrons. The van der Waals surface area contributed by atoms with E-state index in [1.165, 1.54) is 6.92 Å². The van der Waals surface area contributed by atoms with Crippen molar-refractivity contribution in [3.05, 3.63) is 12.2 Å². The van der Waals surface area contributed by atoms with Gasteiger partial charge in [-0.05, 0) is 32.9 Å². The van der Waals surface area contributed by atoms with Gasteiger partial charge in [-0.3, -0.25) is 4.79 Å². The number of esters is 1. The first-order valence-electron chi connectivity index (χ1n) is 4.23. The van der Waals surface area contributed by atoms with Crippen molar-refractivity contribution in [2.24, 2.45) is 5.41 Å². The molecule has 0 amide bonds. The fourth-order valence-electron chi connectivity index (χ4n) is 0.531. The summed E-state index contributed by atoms with van der Waals surface area (Å²) in [7, 11) is 0. The van der Waals surface area contributed by atoms with Crippen molar-refractivity contribution in [1.29, 1.82) is 0 Å². The van der Waals surface area contributed by atoms with Gasteiger partial charge in [0.25, 0.3) is 0 Å². The second-order valence-corrected chi connectivity index (χ2v) is 3.72. The Morgan fingerprint density at radius 3 is 2.54 bits per heavy atom. The van der Waals surface area contributed by atoms with E-state index in [9.17, 15) is 4.79 Å². The lowest BCUT2D eigenvalue weighted by molar-refractivity contribution is -0.139. The quantitative estimate of drug-likeness (QED) is 0.481. The molecule has 0 spiro atoms. The third kappa shape index (κ3) is 10.8. The van der Waals surface area contributed by atoms with E-state index in [-0.39, 0.29) is 11.4 Å². The molecule has 0 unspecified atom stereocenters. The summed E-state index contributed by atoms with van der Waals surface area (Å²) in [6.07, 6.45) is 3.42. The van der Waals surface area contributed by atoms with Crippen LogP contribution in [0.4, 0.5) is 0 Å². The zero-order valence-corrected chi connectivity index (χ0v) is 8.68. The molecule has 0 aliphatic rings. The van der Waals surface area contributed by atoms with Crippen molar-refractivity contribution >= 4 is 5.97 Å². The summed E-state index contributed by atoms with van der Waals surface area (Å²) in [6.45, 7) is 7.81. The number of carbonyl (C=O) groups excluding carboxylic acids is 1. The van der Waals surface area contributed by atoms with Crippen molar-refractivity contribution in [3.63, 3.8) is 0 Å². The van der Waals surface area contributed by atoms with Crippen molar-refractivity contribution in [2.75, 3.05) is 6.61 Å². The molecule has 0 aliphatic heterocycles. The molecule has 13 heavy (non-hydrogen) atoms. The van der Waals surface area contributed by atoms with Crippen LogP contribution in [0.1, 0.15) is 27.7 Å². The minimum atomic E-state index is -0.270. The molecule has 0 saturated carbocycles. The van der Waals surface area contributed by atoms with Crippen LogP contribution >= 0.6 is 0 Å². The van der Waals surface area contributed by atoms with Gasteiger partial charge in [0.05, 0.1) is 0 Å². The Morgan fingerprint density at radius 2 is 2.08 bits per heavy atom. The van der Waals surface area contributed by atoms with E-state index in [2.05, 4.69) is 16.6 Å². The molecule has 0 aromatic carbocycles. The van der Waals surface area contributed by atoms with Gasteiger partial charge in [0.1, 0.15) is 6.61 Å². The molecular weight excluding hydrogens is 164 g/mol. The van der Waals surface area contributed by atoms with Gasteiger partial charge < -0.3 is 4.74 Å². The van der Waals surface area contributed by atoms with Gasteiger partial charge in [-0.1, -0.05) is 11.8 Å². The number of carbonyl (C=O) groups is 1. The summed E-state index contributed by atoms with van der Waals surface area (Å²) in [4.78, 5) is 10.3. The highest BCUT2D eigenvalue weighted by Crippen LogP contribution is 2.09. The van der Waals surface area contributed by atoms with E-state index in [4.69, 9.17) is 0 Å². The molecule has 0 heterocycles. The smallest absolute Gasteiger partial charge is 0.302 e. The molecule has 2 heteroatoms. The molecule has 0 radical (unpaired) electrons. The lowest BCUT2D eigenvalue weighted by atomic mass is 9.98. The van der Waals surface area contributed by atoms with Crippen LogP contribution in [0.15, 0.2) is 12.2 Å². The predicted molar refractivity (Wildman–Crippen MR) is 53.0 cm³/mol. The van der Waals surface area contributed by atoms with Gasteiger partial charge >= 0.3 is 5.97 Å². The highest BCUT2D eigenvalue weighted by molar-refractivity contribution is 5.66. The maximum Gasteiger partial charge on any atom is 0.302 e. The summed E-state index contributed by atoms with van der Waals surface area (Å²) in [5.41, 5.74) is 0.0196. The molecule has 0 bridgehead atoms. The monoisotopic (exact) mass is 180 g/mol. The first-order chi connectivity index (χ1) is 5.92. The van der Waals surface area contributed by atoms with Crippen LogP contribution in [-0.4, -0.2) is 12.6 Å². The molecule has 0 N–H and O–H groups in total. The Morgan fingerprint density at radius 1 is 1.46 bits per heavy atom. The maximum absolute atomic E-state index is 10.3. The number of hydrogen-bond donors (Lipinski definition) is 0. The number of ether oxygens (including phenoxy) is 1. The van der Waals surface area contributed by atoms with Gasteiger partial charge in [0, 0.05) is 12.3 Å². The highest BCUT2D eigenvalue weighted by atomic mass is 16.5. The van der Waals surface area contributed by atoms with Crippen LogP contribution < -0.4 is 0 Å². The van der Waals surface area contributed by atoms with E-state index in [0.29, 0.717) is 6.61 Å². The third-order valence-corrected chi connectivity index (χ3v) is 1.03. The summed E-state index contributed by atoms with van der Waals surface area (Å²) in [6, 6.07) is 0. The van der Waals surface area contributed by atoms with Crippen molar-refractivity contribution in [3.8, 4) is 11.8 Å². The topological polar surface area (TPSA) is 26.3 Å². The SMILES string of the molecule is CC(=O)OC/C=C/C#CC(C)(C)C. The van der Waals surface area contributed by atoms with Crippen LogP contribution in [0.2, 0.25) is 0 Å². The molecular formula is C11H16O2. The lowest BCUT2D eigenvalue weighted by Crippen LogP contribution is -1.99. The Bertz CT molecular complexity index is 245.